The number of carbonyl (C=O) groups excluding carboxylic acids is 1. The molecule has 1 amide bonds. The van der Waals surface area contributed by atoms with Crippen molar-refractivity contribution in [1.82, 2.24) is 10.6 Å². The fraction of sp³-hybridized carbons (Fsp3) is 0.909. The summed E-state index contributed by atoms with van der Waals surface area (Å²) in [6.07, 6.45) is 4.33. The molecule has 0 aromatic carbocycles. The number of aliphatic hydroxyl groups excluding tert-OH is 1. The molecule has 0 saturated carbocycles. The Morgan fingerprint density at radius 2 is 2.31 bits per heavy atom. The fourth-order valence-electron chi connectivity index (χ4n) is 1.76. The van der Waals surface area contributed by atoms with E-state index in [1.165, 1.54) is 6.42 Å². The molecule has 1 unspecified atom stereocenters. The zero-order chi connectivity index (χ0) is 11.1. The minimum absolute atomic E-state index is 0. The first-order chi connectivity index (χ1) is 7.24. The van der Waals surface area contributed by atoms with E-state index in [4.69, 9.17) is 0 Å². The Morgan fingerprint density at radius 3 is 2.88 bits per heavy atom. The van der Waals surface area contributed by atoms with Crippen LogP contribution in [0.25, 0.3) is 0 Å². The molecule has 1 aliphatic heterocycles. The smallest absolute Gasteiger partial charge is 0.237 e. The predicted octanol–water partition coefficient (Wildman–Crippen LogP) is 0.827. The van der Waals surface area contributed by atoms with Crippen LogP contribution in [0.15, 0.2) is 0 Å². The van der Waals surface area contributed by atoms with Crippen molar-refractivity contribution >= 4 is 18.3 Å². The van der Waals surface area contributed by atoms with Crippen LogP contribution in [-0.4, -0.2) is 36.2 Å². The molecule has 5 heteroatoms. The number of amides is 1. The van der Waals surface area contributed by atoms with E-state index in [2.05, 4.69) is 10.6 Å². The molecular weight excluding hydrogens is 228 g/mol. The normalized spacial score (nSPS) is 22.0. The lowest BCUT2D eigenvalue weighted by atomic mass is 10.0. The first-order valence-electron chi connectivity index (χ1n) is 5.93. The number of carbonyl (C=O) groups is 1. The summed E-state index contributed by atoms with van der Waals surface area (Å²) >= 11 is 0. The number of aliphatic hydroxyl groups is 1. The molecule has 3 N–H and O–H groups in total. The second-order valence-electron chi connectivity index (χ2n) is 4.14. The molecule has 96 valence electrons. The Kier molecular flexibility index (Phi) is 8.61. The van der Waals surface area contributed by atoms with Gasteiger partial charge in [0.1, 0.15) is 0 Å². The number of hydrogen-bond acceptors (Lipinski definition) is 3. The Morgan fingerprint density at radius 1 is 1.56 bits per heavy atom. The number of piperidine rings is 1. The fourth-order valence-corrected chi connectivity index (χ4v) is 1.76. The van der Waals surface area contributed by atoms with Gasteiger partial charge in [0, 0.05) is 6.54 Å². The topological polar surface area (TPSA) is 61.4 Å². The van der Waals surface area contributed by atoms with Crippen LogP contribution in [0.3, 0.4) is 0 Å². The van der Waals surface area contributed by atoms with E-state index in [-0.39, 0.29) is 30.5 Å². The lowest BCUT2D eigenvalue weighted by Crippen LogP contribution is -2.47. The van der Waals surface area contributed by atoms with Crippen molar-refractivity contribution in [2.45, 2.75) is 51.2 Å². The van der Waals surface area contributed by atoms with E-state index in [0.717, 1.165) is 25.8 Å². The summed E-state index contributed by atoms with van der Waals surface area (Å²) < 4.78 is 0. The van der Waals surface area contributed by atoms with E-state index < -0.39 is 0 Å². The molecule has 1 aliphatic rings. The lowest BCUT2D eigenvalue weighted by Gasteiger charge is -2.22. The molecule has 16 heavy (non-hydrogen) atoms. The number of hydrogen-bond donors (Lipinski definition) is 3. The third-order valence-electron chi connectivity index (χ3n) is 2.87. The Labute approximate surface area is 104 Å². The van der Waals surface area contributed by atoms with Gasteiger partial charge in [0.05, 0.1) is 12.1 Å². The maximum Gasteiger partial charge on any atom is 0.237 e. The first kappa shape index (κ1) is 15.7. The number of halogens is 1. The third kappa shape index (κ3) is 5.68. The van der Waals surface area contributed by atoms with Crippen LogP contribution in [0.5, 0.6) is 0 Å². The standard InChI is InChI=1S/C11H22N2O2.ClH/c1-2-9(14)6-8-13-11(15)10-5-3-4-7-12-10;/h9-10,12,14H,2-8H2,1H3,(H,13,15);1H/t9?,10-;/m1./s1. The van der Waals surface area contributed by atoms with Crippen LogP contribution < -0.4 is 10.6 Å². The van der Waals surface area contributed by atoms with Crippen molar-refractivity contribution in [3.63, 3.8) is 0 Å². The summed E-state index contributed by atoms with van der Waals surface area (Å²) in [4.78, 5) is 11.6. The van der Waals surface area contributed by atoms with Crippen LogP contribution in [0.1, 0.15) is 39.0 Å². The van der Waals surface area contributed by atoms with E-state index >= 15 is 0 Å². The third-order valence-corrected chi connectivity index (χ3v) is 2.87. The Bertz CT molecular complexity index is 196. The van der Waals surface area contributed by atoms with E-state index in [1.54, 1.807) is 0 Å². The van der Waals surface area contributed by atoms with Crippen molar-refractivity contribution < 1.29 is 9.90 Å². The molecule has 1 rings (SSSR count). The minimum atomic E-state index is -0.287. The van der Waals surface area contributed by atoms with Gasteiger partial charge in [0.25, 0.3) is 0 Å². The Hall–Kier alpha value is -0.320. The van der Waals surface area contributed by atoms with Gasteiger partial charge in [-0.3, -0.25) is 4.79 Å². The van der Waals surface area contributed by atoms with Crippen molar-refractivity contribution in [3.8, 4) is 0 Å². The summed E-state index contributed by atoms with van der Waals surface area (Å²) in [5.41, 5.74) is 0. The quantitative estimate of drug-likeness (QED) is 0.677. The van der Waals surface area contributed by atoms with Gasteiger partial charge in [-0.25, -0.2) is 0 Å². The van der Waals surface area contributed by atoms with Gasteiger partial charge < -0.3 is 15.7 Å². The highest BCUT2D eigenvalue weighted by molar-refractivity contribution is 5.85. The molecular formula is C11H23ClN2O2. The van der Waals surface area contributed by atoms with Crippen LogP contribution >= 0.6 is 12.4 Å². The summed E-state index contributed by atoms with van der Waals surface area (Å²) in [6, 6.07) is -0.0162. The molecule has 0 aromatic rings. The molecule has 0 aromatic heterocycles. The summed E-state index contributed by atoms with van der Waals surface area (Å²) in [7, 11) is 0. The molecule has 0 spiro atoms. The average molecular weight is 251 g/mol. The molecule has 1 fully saturated rings. The van der Waals surface area contributed by atoms with Gasteiger partial charge in [-0.15, -0.1) is 12.4 Å². The zero-order valence-electron chi connectivity index (χ0n) is 9.87. The van der Waals surface area contributed by atoms with Crippen LogP contribution in [-0.2, 0) is 4.79 Å². The molecule has 1 heterocycles. The van der Waals surface area contributed by atoms with Gasteiger partial charge in [-0.2, -0.15) is 0 Å². The largest absolute Gasteiger partial charge is 0.393 e. The van der Waals surface area contributed by atoms with Gasteiger partial charge in [0.2, 0.25) is 5.91 Å². The van der Waals surface area contributed by atoms with Crippen molar-refractivity contribution in [1.29, 1.82) is 0 Å². The molecule has 0 radical (unpaired) electrons. The van der Waals surface area contributed by atoms with Crippen molar-refractivity contribution in [3.05, 3.63) is 0 Å². The van der Waals surface area contributed by atoms with Gasteiger partial charge in [-0.05, 0) is 32.2 Å². The number of rotatable bonds is 5. The molecule has 1 saturated heterocycles. The highest BCUT2D eigenvalue weighted by Crippen LogP contribution is 2.06. The van der Waals surface area contributed by atoms with Crippen LogP contribution in [0.4, 0.5) is 0 Å². The van der Waals surface area contributed by atoms with Gasteiger partial charge in [-0.1, -0.05) is 13.3 Å². The maximum absolute atomic E-state index is 11.6. The SMILES string of the molecule is CCC(O)CCNC(=O)[C@H]1CCCCN1.Cl. The summed E-state index contributed by atoms with van der Waals surface area (Å²) in [6.45, 7) is 3.46. The van der Waals surface area contributed by atoms with Crippen molar-refractivity contribution in [2.24, 2.45) is 0 Å². The summed E-state index contributed by atoms with van der Waals surface area (Å²) in [5, 5.41) is 15.4. The van der Waals surface area contributed by atoms with Gasteiger partial charge >= 0.3 is 0 Å². The van der Waals surface area contributed by atoms with Crippen LogP contribution in [0.2, 0.25) is 0 Å². The zero-order valence-corrected chi connectivity index (χ0v) is 10.7. The average Bonchev–Trinajstić information content (AvgIpc) is 2.29. The second-order valence-corrected chi connectivity index (χ2v) is 4.14. The Balaban J connectivity index is 0.00000225. The van der Waals surface area contributed by atoms with E-state index in [0.29, 0.717) is 13.0 Å². The first-order valence-corrected chi connectivity index (χ1v) is 5.93. The minimum Gasteiger partial charge on any atom is -0.393 e. The monoisotopic (exact) mass is 250 g/mol. The molecule has 0 bridgehead atoms. The van der Waals surface area contributed by atoms with Gasteiger partial charge in [0.15, 0.2) is 0 Å². The molecule has 2 atom stereocenters. The van der Waals surface area contributed by atoms with Crippen LogP contribution in [0, 0.1) is 0 Å². The maximum atomic E-state index is 11.6. The summed E-state index contributed by atoms with van der Waals surface area (Å²) in [5.74, 6) is 0.0815. The second kappa shape index (κ2) is 8.79. The lowest BCUT2D eigenvalue weighted by molar-refractivity contribution is -0.123. The highest BCUT2D eigenvalue weighted by Gasteiger charge is 2.19. The van der Waals surface area contributed by atoms with E-state index in [9.17, 15) is 9.90 Å². The number of nitrogens with one attached hydrogen (secondary N) is 2. The highest BCUT2D eigenvalue weighted by atomic mass is 35.5. The predicted molar refractivity (Wildman–Crippen MR) is 66.8 cm³/mol. The molecule has 4 nitrogen and oxygen atoms in total. The van der Waals surface area contributed by atoms with Crippen molar-refractivity contribution in [2.75, 3.05) is 13.1 Å². The molecule has 0 aliphatic carbocycles. The van der Waals surface area contributed by atoms with E-state index in [1.807, 2.05) is 6.92 Å².